The summed E-state index contributed by atoms with van der Waals surface area (Å²) in [4.78, 5) is 10.7. The number of anilines is 1. The normalized spacial score (nSPS) is 18.8. The van der Waals surface area contributed by atoms with Crippen molar-refractivity contribution in [2.75, 3.05) is 31.1 Å². The molecule has 1 aliphatic heterocycles. The molecule has 1 unspecified atom stereocenters. The molecule has 6 nitrogen and oxygen atoms in total. The summed E-state index contributed by atoms with van der Waals surface area (Å²) < 4.78 is 5.67. The van der Waals surface area contributed by atoms with E-state index in [-0.39, 0.29) is 0 Å². The van der Waals surface area contributed by atoms with Gasteiger partial charge in [-0.3, -0.25) is 0 Å². The van der Waals surface area contributed by atoms with Crippen LogP contribution < -0.4 is 15.0 Å². The van der Waals surface area contributed by atoms with Gasteiger partial charge < -0.3 is 20.1 Å². The van der Waals surface area contributed by atoms with E-state index in [1.807, 2.05) is 35.2 Å². The Bertz CT molecular complexity index is 576. The molecule has 1 aromatic carbocycles. The van der Waals surface area contributed by atoms with Gasteiger partial charge in [-0.15, -0.1) is 0 Å². The first-order chi connectivity index (χ1) is 10.8. The maximum atomic E-state index is 9.80. The molecule has 116 valence electrons. The first-order valence-electron chi connectivity index (χ1n) is 7.44. The number of nitrogens with one attached hydrogen (secondary N) is 1. The minimum absolute atomic E-state index is 0.403. The van der Waals surface area contributed by atoms with Gasteiger partial charge in [0.05, 0.1) is 18.5 Å². The second-order valence-electron chi connectivity index (χ2n) is 5.30. The number of hydrogen-bond acceptors (Lipinski definition) is 6. The monoisotopic (exact) mass is 300 g/mol. The summed E-state index contributed by atoms with van der Waals surface area (Å²) in [6.07, 6.45) is 2.95. The third kappa shape index (κ3) is 3.93. The van der Waals surface area contributed by atoms with Crippen molar-refractivity contribution in [3.8, 4) is 5.75 Å². The van der Waals surface area contributed by atoms with Crippen molar-refractivity contribution in [1.29, 1.82) is 0 Å². The number of rotatable bonds is 4. The molecule has 0 radical (unpaired) electrons. The predicted molar refractivity (Wildman–Crippen MR) is 83.9 cm³/mol. The van der Waals surface area contributed by atoms with Gasteiger partial charge in [-0.25, -0.2) is 9.97 Å². The molecule has 3 rings (SSSR count). The average molecular weight is 300 g/mol. The summed E-state index contributed by atoms with van der Waals surface area (Å²) >= 11 is 0. The Morgan fingerprint density at radius 2 is 2.00 bits per heavy atom. The highest BCUT2D eigenvalue weighted by atomic mass is 16.5. The van der Waals surface area contributed by atoms with Gasteiger partial charge in [-0.2, -0.15) is 0 Å². The standard InChI is InChI=1S/C16H20N4O2/c21-14-8-17-6-7-20(11-14)16-18-9-15(10-19-16)22-12-13-4-2-1-3-5-13/h1-5,9-10,14,17,21H,6-8,11-12H2. The topological polar surface area (TPSA) is 70.5 Å². The maximum absolute atomic E-state index is 9.80. The van der Waals surface area contributed by atoms with Gasteiger partial charge in [0, 0.05) is 26.2 Å². The molecule has 1 aromatic heterocycles. The molecule has 2 heterocycles. The van der Waals surface area contributed by atoms with E-state index in [9.17, 15) is 5.11 Å². The molecule has 2 aromatic rings. The highest BCUT2D eigenvalue weighted by Gasteiger charge is 2.17. The Hall–Kier alpha value is -2.18. The zero-order chi connectivity index (χ0) is 15.2. The lowest BCUT2D eigenvalue weighted by Gasteiger charge is -2.21. The third-order valence-electron chi connectivity index (χ3n) is 3.52. The summed E-state index contributed by atoms with van der Waals surface area (Å²) in [5, 5.41) is 13.0. The highest BCUT2D eigenvalue weighted by Crippen LogP contribution is 2.14. The first kappa shape index (κ1) is 14.7. The van der Waals surface area contributed by atoms with E-state index in [1.165, 1.54) is 0 Å². The summed E-state index contributed by atoms with van der Waals surface area (Å²) in [5.41, 5.74) is 1.10. The molecule has 1 aliphatic rings. The van der Waals surface area contributed by atoms with Crippen LogP contribution in [0.2, 0.25) is 0 Å². The van der Waals surface area contributed by atoms with E-state index in [4.69, 9.17) is 4.74 Å². The van der Waals surface area contributed by atoms with Crippen molar-refractivity contribution >= 4 is 5.95 Å². The molecular weight excluding hydrogens is 280 g/mol. The zero-order valence-corrected chi connectivity index (χ0v) is 12.4. The largest absolute Gasteiger partial charge is 0.486 e. The zero-order valence-electron chi connectivity index (χ0n) is 12.4. The van der Waals surface area contributed by atoms with E-state index in [2.05, 4.69) is 15.3 Å². The van der Waals surface area contributed by atoms with Crippen LogP contribution in [0.25, 0.3) is 0 Å². The van der Waals surface area contributed by atoms with E-state index in [0.717, 1.165) is 18.7 Å². The van der Waals surface area contributed by atoms with Gasteiger partial charge in [-0.1, -0.05) is 30.3 Å². The molecule has 1 saturated heterocycles. The number of β-amino-alcohol motifs (C(OH)–C–C–N with tert-alkyl or cyclic N) is 1. The summed E-state index contributed by atoms with van der Waals surface area (Å²) in [6, 6.07) is 9.97. The van der Waals surface area contributed by atoms with Crippen molar-refractivity contribution < 1.29 is 9.84 Å². The quantitative estimate of drug-likeness (QED) is 0.871. The van der Waals surface area contributed by atoms with Crippen LogP contribution >= 0.6 is 0 Å². The Kier molecular flexibility index (Phi) is 4.82. The van der Waals surface area contributed by atoms with Gasteiger partial charge in [0.1, 0.15) is 6.61 Å². The van der Waals surface area contributed by atoms with Crippen LogP contribution in [0.5, 0.6) is 5.75 Å². The molecule has 0 saturated carbocycles. The molecule has 0 amide bonds. The van der Waals surface area contributed by atoms with Gasteiger partial charge >= 0.3 is 0 Å². The van der Waals surface area contributed by atoms with E-state index in [0.29, 0.717) is 31.4 Å². The van der Waals surface area contributed by atoms with Crippen LogP contribution in [0.1, 0.15) is 5.56 Å². The second kappa shape index (κ2) is 7.20. The molecule has 22 heavy (non-hydrogen) atoms. The van der Waals surface area contributed by atoms with Gasteiger partial charge in [-0.05, 0) is 5.56 Å². The first-order valence-corrected chi connectivity index (χ1v) is 7.44. The summed E-state index contributed by atoms with van der Waals surface area (Å²) in [7, 11) is 0. The van der Waals surface area contributed by atoms with Crippen LogP contribution in [0.3, 0.4) is 0 Å². The summed E-state index contributed by atoms with van der Waals surface area (Å²) in [6.45, 7) is 3.23. The molecule has 1 fully saturated rings. The second-order valence-corrected chi connectivity index (χ2v) is 5.30. The van der Waals surface area contributed by atoms with Crippen LogP contribution in [0, 0.1) is 0 Å². The smallest absolute Gasteiger partial charge is 0.225 e. The van der Waals surface area contributed by atoms with Crippen molar-refractivity contribution in [3.63, 3.8) is 0 Å². The fraction of sp³-hybridized carbons (Fsp3) is 0.375. The van der Waals surface area contributed by atoms with Gasteiger partial charge in [0.25, 0.3) is 0 Å². The Morgan fingerprint density at radius 3 is 2.77 bits per heavy atom. The Labute approximate surface area is 129 Å². The molecular formula is C16H20N4O2. The fourth-order valence-electron chi connectivity index (χ4n) is 2.36. The van der Waals surface area contributed by atoms with Crippen LogP contribution in [-0.2, 0) is 6.61 Å². The lowest BCUT2D eigenvalue weighted by Crippen LogP contribution is -2.33. The average Bonchev–Trinajstić information content (AvgIpc) is 2.79. The number of aliphatic hydroxyl groups excluding tert-OH is 1. The van der Waals surface area contributed by atoms with Crippen LogP contribution in [-0.4, -0.2) is 47.4 Å². The number of benzene rings is 1. The van der Waals surface area contributed by atoms with E-state index >= 15 is 0 Å². The Morgan fingerprint density at radius 1 is 1.23 bits per heavy atom. The third-order valence-corrected chi connectivity index (χ3v) is 3.52. The molecule has 0 bridgehead atoms. The number of aromatic nitrogens is 2. The van der Waals surface area contributed by atoms with Gasteiger partial charge in [0.15, 0.2) is 5.75 Å². The molecule has 6 heteroatoms. The molecule has 0 spiro atoms. The van der Waals surface area contributed by atoms with Crippen LogP contribution in [0.15, 0.2) is 42.7 Å². The fourth-order valence-corrected chi connectivity index (χ4v) is 2.36. The minimum Gasteiger partial charge on any atom is -0.486 e. The number of nitrogens with zero attached hydrogens (tertiary/aromatic N) is 3. The van der Waals surface area contributed by atoms with Crippen molar-refractivity contribution in [2.24, 2.45) is 0 Å². The minimum atomic E-state index is -0.403. The number of ether oxygens (including phenoxy) is 1. The van der Waals surface area contributed by atoms with E-state index < -0.39 is 6.10 Å². The maximum Gasteiger partial charge on any atom is 0.225 e. The summed E-state index contributed by atoms with van der Waals surface area (Å²) in [5.74, 6) is 1.26. The molecule has 1 atom stereocenters. The predicted octanol–water partition coefficient (Wildman–Crippen LogP) is 0.826. The van der Waals surface area contributed by atoms with Crippen molar-refractivity contribution in [1.82, 2.24) is 15.3 Å². The SMILES string of the molecule is OC1CNCCN(c2ncc(OCc3ccccc3)cn2)C1. The Balaban J connectivity index is 1.60. The van der Waals surface area contributed by atoms with Crippen molar-refractivity contribution in [3.05, 3.63) is 48.3 Å². The molecule has 2 N–H and O–H groups in total. The lowest BCUT2D eigenvalue weighted by molar-refractivity contribution is 0.184. The number of hydrogen-bond donors (Lipinski definition) is 2. The number of aliphatic hydroxyl groups is 1. The van der Waals surface area contributed by atoms with E-state index in [1.54, 1.807) is 12.4 Å². The van der Waals surface area contributed by atoms with Crippen molar-refractivity contribution in [2.45, 2.75) is 12.7 Å². The lowest BCUT2D eigenvalue weighted by atomic mass is 10.2. The van der Waals surface area contributed by atoms with Gasteiger partial charge in [0.2, 0.25) is 5.95 Å². The highest BCUT2D eigenvalue weighted by molar-refractivity contribution is 5.32. The molecule has 0 aliphatic carbocycles. The van der Waals surface area contributed by atoms with Crippen LogP contribution in [0.4, 0.5) is 5.95 Å².